The summed E-state index contributed by atoms with van der Waals surface area (Å²) in [5.74, 6) is 1.15. The molecule has 0 fully saturated rings. The first-order chi connectivity index (χ1) is 13.5. The van der Waals surface area contributed by atoms with Gasteiger partial charge in [0.05, 0.1) is 6.54 Å². The molecule has 0 aliphatic carbocycles. The van der Waals surface area contributed by atoms with Crippen LogP contribution in [0.1, 0.15) is 31.2 Å². The van der Waals surface area contributed by atoms with Gasteiger partial charge >= 0.3 is 6.61 Å². The molecule has 8 heteroatoms. The van der Waals surface area contributed by atoms with Crippen molar-refractivity contribution < 1.29 is 23.2 Å². The van der Waals surface area contributed by atoms with Gasteiger partial charge in [-0.3, -0.25) is 4.58 Å². The SMILES string of the molecule is Br.OC1(c2ccc(OC(F)F)cc2)C[N+]2=C(CCCCC2)N1c1ccc(Cl)cc1. The lowest BCUT2D eigenvalue weighted by atomic mass is 9.99. The van der Waals surface area contributed by atoms with Gasteiger partial charge < -0.3 is 9.84 Å². The van der Waals surface area contributed by atoms with Crippen LogP contribution in [0.15, 0.2) is 48.5 Å². The lowest BCUT2D eigenvalue weighted by molar-refractivity contribution is -0.534. The maximum absolute atomic E-state index is 12.5. The molecule has 0 amide bonds. The Morgan fingerprint density at radius 3 is 2.38 bits per heavy atom. The molecule has 0 bridgehead atoms. The number of aliphatic hydroxyl groups is 1. The van der Waals surface area contributed by atoms with E-state index in [1.807, 2.05) is 17.0 Å². The van der Waals surface area contributed by atoms with E-state index in [1.165, 1.54) is 12.1 Å². The molecule has 0 saturated carbocycles. The van der Waals surface area contributed by atoms with E-state index in [0.717, 1.165) is 43.8 Å². The number of anilines is 1. The Hall–Kier alpha value is -1.70. The highest BCUT2D eigenvalue weighted by molar-refractivity contribution is 8.93. The molecule has 1 atom stereocenters. The van der Waals surface area contributed by atoms with Crippen molar-refractivity contribution in [3.05, 3.63) is 59.1 Å². The number of alkyl halides is 2. The van der Waals surface area contributed by atoms with Crippen molar-refractivity contribution in [2.75, 3.05) is 18.0 Å². The zero-order valence-electron chi connectivity index (χ0n) is 15.7. The fourth-order valence-electron chi connectivity index (χ4n) is 4.10. The van der Waals surface area contributed by atoms with Crippen LogP contribution in [-0.4, -0.2) is 35.2 Å². The monoisotopic (exact) mass is 487 g/mol. The van der Waals surface area contributed by atoms with Gasteiger partial charge in [0.2, 0.25) is 0 Å². The fourth-order valence-corrected chi connectivity index (χ4v) is 4.23. The lowest BCUT2D eigenvalue weighted by Crippen LogP contribution is -2.47. The Labute approximate surface area is 184 Å². The lowest BCUT2D eigenvalue weighted by Gasteiger charge is -2.29. The second-order valence-electron chi connectivity index (χ2n) is 7.18. The summed E-state index contributed by atoms with van der Waals surface area (Å²) in [5.41, 5.74) is 0.174. The standard InChI is InChI=1S/C21H22ClF2N2O2.BrH/c22-16-7-9-17(10-8-16)26-19-4-2-1-3-13-25(19)14-21(26,27)15-5-11-18(12-6-15)28-20(23)24;/h5-12,20,27H,1-4,13-14H2;1H/q+1;. The van der Waals surface area contributed by atoms with Gasteiger partial charge in [-0.15, -0.1) is 17.0 Å². The van der Waals surface area contributed by atoms with Crippen molar-refractivity contribution in [3.8, 4) is 5.75 Å². The van der Waals surface area contributed by atoms with Gasteiger partial charge in [0.1, 0.15) is 11.4 Å². The molecule has 0 radical (unpaired) electrons. The van der Waals surface area contributed by atoms with E-state index < -0.39 is 12.3 Å². The van der Waals surface area contributed by atoms with E-state index >= 15 is 0 Å². The number of halogens is 4. The van der Waals surface area contributed by atoms with Gasteiger partial charge in [0.25, 0.3) is 11.6 Å². The van der Waals surface area contributed by atoms with Gasteiger partial charge in [0.15, 0.2) is 6.54 Å². The van der Waals surface area contributed by atoms with Crippen LogP contribution in [0.2, 0.25) is 5.02 Å². The van der Waals surface area contributed by atoms with Crippen LogP contribution in [0, 0.1) is 0 Å². The minimum Gasteiger partial charge on any atom is -0.435 e. The van der Waals surface area contributed by atoms with Crippen LogP contribution < -0.4 is 9.64 Å². The smallest absolute Gasteiger partial charge is 0.387 e. The number of ether oxygens (including phenoxy) is 1. The zero-order chi connectivity index (χ0) is 19.7. The number of hydrogen-bond donors (Lipinski definition) is 1. The van der Waals surface area contributed by atoms with Gasteiger partial charge in [-0.05, 0) is 67.8 Å². The van der Waals surface area contributed by atoms with Crippen LogP contribution >= 0.6 is 28.6 Å². The van der Waals surface area contributed by atoms with Crippen LogP contribution in [0.5, 0.6) is 5.75 Å². The van der Waals surface area contributed by atoms with Crippen molar-refractivity contribution in [3.63, 3.8) is 0 Å². The van der Waals surface area contributed by atoms with Gasteiger partial charge in [-0.25, -0.2) is 0 Å². The van der Waals surface area contributed by atoms with Crippen molar-refractivity contribution in [1.29, 1.82) is 0 Å². The molecule has 0 spiro atoms. The second-order valence-corrected chi connectivity index (χ2v) is 7.62. The van der Waals surface area contributed by atoms with E-state index in [2.05, 4.69) is 9.31 Å². The predicted octanol–water partition coefficient (Wildman–Crippen LogP) is 5.17. The molecular formula is C21H23BrClF2N2O2+. The summed E-state index contributed by atoms with van der Waals surface area (Å²) in [4.78, 5) is 1.96. The third-order valence-corrected chi connectivity index (χ3v) is 5.61. The molecule has 2 aromatic rings. The summed E-state index contributed by atoms with van der Waals surface area (Å²) < 4.78 is 31.6. The number of benzene rings is 2. The summed E-state index contributed by atoms with van der Waals surface area (Å²) >= 11 is 6.06. The highest BCUT2D eigenvalue weighted by Gasteiger charge is 2.54. The number of hydrogen-bond acceptors (Lipinski definition) is 3. The average molecular weight is 489 g/mol. The quantitative estimate of drug-likeness (QED) is 0.603. The molecule has 0 saturated heterocycles. The Morgan fingerprint density at radius 1 is 1.03 bits per heavy atom. The molecule has 2 aliphatic rings. The largest absolute Gasteiger partial charge is 0.435 e. The minimum atomic E-state index is -2.88. The molecule has 4 nitrogen and oxygen atoms in total. The molecule has 2 heterocycles. The molecule has 0 aromatic heterocycles. The van der Waals surface area contributed by atoms with Crippen molar-refractivity contribution in [2.45, 2.75) is 38.0 Å². The summed E-state index contributed by atoms with van der Waals surface area (Å²) in [6.07, 6.45) is 4.17. The summed E-state index contributed by atoms with van der Waals surface area (Å²) in [6, 6.07) is 13.6. The van der Waals surface area contributed by atoms with E-state index in [1.54, 1.807) is 24.3 Å². The Morgan fingerprint density at radius 2 is 1.72 bits per heavy atom. The Bertz CT molecular complexity index is 877. The van der Waals surface area contributed by atoms with Crippen LogP contribution in [0.4, 0.5) is 14.5 Å². The van der Waals surface area contributed by atoms with Gasteiger partial charge in [-0.2, -0.15) is 13.7 Å². The minimum absolute atomic E-state index is 0. The van der Waals surface area contributed by atoms with Crippen LogP contribution in [0.3, 0.4) is 0 Å². The number of rotatable bonds is 4. The molecule has 1 N–H and O–H groups in total. The zero-order valence-corrected chi connectivity index (χ0v) is 18.2. The average Bonchev–Trinajstić information content (AvgIpc) is 2.79. The third-order valence-electron chi connectivity index (χ3n) is 5.36. The first kappa shape index (κ1) is 22.0. The van der Waals surface area contributed by atoms with Crippen molar-refractivity contribution in [1.82, 2.24) is 0 Å². The van der Waals surface area contributed by atoms with E-state index in [4.69, 9.17) is 11.6 Å². The third kappa shape index (κ3) is 4.42. The summed E-state index contributed by atoms with van der Waals surface area (Å²) in [6.45, 7) is -1.58. The fraction of sp³-hybridized carbons (Fsp3) is 0.381. The Balaban J connectivity index is 0.00000240. The predicted molar refractivity (Wildman–Crippen MR) is 115 cm³/mol. The van der Waals surface area contributed by atoms with Crippen LogP contribution in [-0.2, 0) is 5.72 Å². The molecule has 29 heavy (non-hydrogen) atoms. The number of amidine groups is 1. The molecular weight excluding hydrogens is 466 g/mol. The maximum Gasteiger partial charge on any atom is 0.387 e. The number of nitrogens with zero attached hydrogens (tertiary/aromatic N) is 2. The second kappa shape index (κ2) is 8.98. The van der Waals surface area contributed by atoms with E-state index in [9.17, 15) is 13.9 Å². The molecule has 156 valence electrons. The molecule has 4 rings (SSSR count). The van der Waals surface area contributed by atoms with E-state index in [-0.39, 0.29) is 22.7 Å². The van der Waals surface area contributed by atoms with Crippen molar-refractivity contribution >= 4 is 40.1 Å². The topological polar surface area (TPSA) is 35.7 Å². The highest BCUT2D eigenvalue weighted by Crippen LogP contribution is 2.38. The van der Waals surface area contributed by atoms with Gasteiger partial charge in [-0.1, -0.05) is 11.6 Å². The van der Waals surface area contributed by atoms with Crippen molar-refractivity contribution in [2.24, 2.45) is 0 Å². The maximum atomic E-state index is 12.5. The van der Waals surface area contributed by atoms with E-state index in [0.29, 0.717) is 17.1 Å². The Kier molecular flexibility index (Phi) is 6.81. The molecule has 2 aromatic carbocycles. The first-order valence-corrected chi connectivity index (χ1v) is 9.79. The summed E-state index contributed by atoms with van der Waals surface area (Å²) in [5, 5.41) is 12.4. The molecule has 2 aliphatic heterocycles. The molecule has 1 unspecified atom stereocenters. The first-order valence-electron chi connectivity index (χ1n) is 9.42. The normalized spacial score (nSPS) is 21.6. The summed E-state index contributed by atoms with van der Waals surface area (Å²) in [7, 11) is 0. The van der Waals surface area contributed by atoms with Crippen LogP contribution in [0.25, 0.3) is 0 Å². The highest BCUT2D eigenvalue weighted by atomic mass is 79.9. The van der Waals surface area contributed by atoms with Gasteiger partial charge in [0, 0.05) is 17.0 Å².